The lowest BCUT2D eigenvalue weighted by atomic mass is 9.63. The Morgan fingerprint density at radius 1 is 1.15 bits per heavy atom. The zero-order chi connectivity index (χ0) is 18.2. The summed E-state index contributed by atoms with van der Waals surface area (Å²) < 4.78 is 0. The predicted molar refractivity (Wildman–Crippen MR) is 96.0 cm³/mol. The Bertz CT molecular complexity index is 830. The highest BCUT2D eigenvalue weighted by atomic mass is 35.5. The molecule has 0 N–H and O–H groups in total. The topological polar surface area (TPSA) is 57.7 Å². The lowest BCUT2D eigenvalue weighted by Crippen LogP contribution is -2.44. The Morgan fingerprint density at radius 2 is 1.77 bits per heavy atom. The smallest absolute Gasteiger partial charge is 0.235 e. The highest BCUT2D eigenvalue weighted by Crippen LogP contribution is 2.65. The predicted octanol–water partition coefficient (Wildman–Crippen LogP) is 2.70. The van der Waals surface area contributed by atoms with Crippen molar-refractivity contribution in [3.05, 3.63) is 41.4 Å². The zero-order valence-corrected chi connectivity index (χ0v) is 15.1. The third-order valence-corrected chi connectivity index (χ3v) is 6.77. The van der Waals surface area contributed by atoms with Gasteiger partial charge in [0.25, 0.3) is 0 Å². The van der Waals surface area contributed by atoms with Gasteiger partial charge in [-0.2, -0.15) is 0 Å². The van der Waals surface area contributed by atoms with Crippen LogP contribution in [0.5, 0.6) is 0 Å². The summed E-state index contributed by atoms with van der Waals surface area (Å²) in [6.45, 7) is 1.38. The number of imide groups is 1. The van der Waals surface area contributed by atoms with Gasteiger partial charge in [-0.05, 0) is 48.3 Å². The second-order valence-corrected chi connectivity index (χ2v) is 8.26. The molecule has 6 atom stereocenters. The van der Waals surface area contributed by atoms with E-state index >= 15 is 0 Å². The molecular formula is C20H19ClN2O3. The Morgan fingerprint density at radius 3 is 2.31 bits per heavy atom. The average Bonchev–Trinajstić information content (AvgIpc) is 3.39. The van der Waals surface area contributed by atoms with E-state index in [1.807, 2.05) is 0 Å². The van der Waals surface area contributed by atoms with Crippen molar-refractivity contribution in [2.45, 2.75) is 13.3 Å². The molecule has 26 heavy (non-hydrogen) atoms. The molecule has 1 saturated heterocycles. The molecule has 0 unspecified atom stereocenters. The van der Waals surface area contributed by atoms with Crippen molar-refractivity contribution in [2.24, 2.45) is 35.5 Å². The first-order valence-electron chi connectivity index (χ1n) is 9.04. The molecule has 2 bridgehead atoms. The number of carbonyl (C=O) groups is 3. The molecule has 5 nitrogen and oxygen atoms in total. The van der Waals surface area contributed by atoms with Crippen molar-refractivity contribution < 1.29 is 14.4 Å². The number of likely N-dealkylation sites (tertiary alicyclic amines) is 1. The lowest BCUT2D eigenvalue weighted by molar-refractivity contribution is -0.140. The number of benzene rings is 1. The van der Waals surface area contributed by atoms with E-state index in [0.29, 0.717) is 22.5 Å². The second kappa shape index (κ2) is 5.43. The summed E-state index contributed by atoms with van der Waals surface area (Å²) in [6.07, 6.45) is 5.43. The normalized spacial score (nSPS) is 36.2. The number of hydrogen-bond donors (Lipinski definition) is 0. The largest absolute Gasteiger partial charge is 0.294 e. The molecule has 0 radical (unpaired) electrons. The molecule has 2 saturated carbocycles. The van der Waals surface area contributed by atoms with Gasteiger partial charge in [-0.3, -0.25) is 24.2 Å². The number of allylic oxidation sites excluding steroid dienone is 2. The van der Waals surface area contributed by atoms with Crippen LogP contribution in [-0.4, -0.2) is 29.3 Å². The van der Waals surface area contributed by atoms with E-state index in [2.05, 4.69) is 12.2 Å². The first-order valence-corrected chi connectivity index (χ1v) is 9.42. The molecule has 6 rings (SSSR count). The SMILES string of the molecule is CC(=O)N(CN1C(=O)[C@@H]2[C@H]3C=C[C@H]([C@H]4C[C@H]34)[C@@H]2C1=O)c1cccc(Cl)c1. The summed E-state index contributed by atoms with van der Waals surface area (Å²) >= 11 is 6.04. The third-order valence-electron chi connectivity index (χ3n) is 6.54. The quantitative estimate of drug-likeness (QED) is 0.607. The molecule has 1 aliphatic heterocycles. The van der Waals surface area contributed by atoms with E-state index in [4.69, 9.17) is 11.6 Å². The molecule has 3 fully saturated rings. The first-order chi connectivity index (χ1) is 12.5. The van der Waals surface area contributed by atoms with Crippen LogP contribution in [0.2, 0.25) is 5.02 Å². The number of anilines is 1. The van der Waals surface area contributed by atoms with Crippen LogP contribution < -0.4 is 4.90 Å². The first kappa shape index (κ1) is 16.1. The third kappa shape index (κ3) is 2.13. The summed E-state index contributed by atoms with van der Waals surface area (Å²) in [5.41, 5.74) is 0.587. The Hall–Kier alpha value is -2.14. The highest BCUT2D eigenvalue weighted by molar-refractivity contribution is 6.30. The van der Waals surface area contributed by atoms with Crippen molar-refractivity contribution in [3.8, 4) is 0 Å². The monoisotopic (exact) mass is 370 g/mol. The van der Waals surface area contributed by atoms with E-state index in [1.165, 1.54) is 16.7 Å². The average molecular weight is 371 g/mol. The number of carbonyl (C=O) groups excluding carboxylic acids is 3. The fourth-order valence-corrected chi connectivity index (χ4v) is 5.49. The molecule has 1 aromatic rings. The van der Waals surface area contributed by atoms with Crippen molar-refractivity contribution in [2.75, 3.05) is 11.6 Å². The van der Waals surface area contributed by atoms with Gasteiger partial charge in [0.2, 0.25) is 17.7 Å². The molecule has 0 aromatic heterocycles. The van der Waals surface area contributed by atoms with Gasteiger partial charge in [-0.25, -0.2) is 0 Å². The van der Waals surface area contributed by atoms with Gasteiger partial charge >= 0.3 is 0 Å². The molecular weight excluding hydrogens is 352 g/mol. The van der Waals surface area contributed by atoms with Crippen LogP contribution in [0.25, 0.3) is 0 Å². The van der Waals surface area contributed by atoms with Crippen molar-refractivity contribution in [3.63, 3.8) is 0 Å². The minimum absolute atomic E-state index is 0.0465. The Labute approximate surface area is 156 Å². The zero-order valence-electron chi connectivity index (χ0n) is 14.3. The number of amides is 3. The fraction of sp³-hybridized carbons (Fsp3) is 0.450. The van der Waals surface area contributed by atoms with Crippen LogP contribution in [0.3, 0.4) is 0 Å². The standard InChI is InChI=1S/C20H19ClN2O3/c1-10(24)22(12-4-2-3-11(21)7-12)9-23-19(25)17-13-5-6-14(16-8-15(13)16)18(17)20(23)26/h2-7,13-18H,8-9H2,1H3/t13-,14+,15-,16-,17+,18-/m1/s1. The number of nitrogens with zero attached hydrogens (tertiary/aromatic N) is 2. The van der Waals surface area contributed by atoms with E-state index < -0.39 is 0 Å². The maximum absolute atomic E-state index is 13.1. The molecule has 1 heterocycles. The second-order valence-electron chi connectivity index (χ2n) is 7.83. The fourth-order valence-electron chi connectivity index (χ4n) is 5.31. The Balaban J connectivity index is 1.45. The summed E-state index contributed by atoms with van der Waals surface area (Å²) in [7, 11) is 0. The van der Waals surface area contributed by atoms with Crippen LogP contribution in [0.1, 0.15) is 13.3 Å². The maximum Gasteiger partial charge on any atom is 0.235 e. The van der Waals surface area contributed by atoms with Gasteiger partial charge in [0.05, 0.1) is 11.8 Å². The van der Waals surface area contributed by atoms with Crippen LogP contribution >= 0.6 is 11.6 Å². The van der Waals surface area contributed by atoms with E-state index in [9.17, 15) is 14.4 Å². The number of rotatable bonds is 3. The van der Waals surface area contributed by atoms with E-state index in [-0.39, 0.29) is 48.1 Å². The van der Waals surface area contributed by atoms with Gasteiger partial charge in [0.1, 0.15) is 6.67 Å². The van der Waals surface area contributed by atoms with Crippen LogP contribution in [0.15, 0.2) is 36.4 Å². The molecule has 0 spiro atoms. The molecule has 5 aliphatic rings. The highest BCUT2D eigenvalue weighted by Gasteiger charge is 2.67. The minimum Gasteiger partial charge on any atom is -0.294 e. The molecule has 6 heteroatoms. The van der Waals surface area contributed by atoms with Gasteiger partial charge in [0, 0.05) is 17.6 Å². The van der Waals surface area contributed by atoms with Crippen molar-refractivity contribution in [1.82, 2.24) is 4.90 Å². The molecule has 3 amide bonds. The summed E-state index contributed by atoms with van der Waals surface area (Å²) in [5, 5.41) is 0.504. The Kier molecular flexibility index (Phi) is 3.35. The number of halogens is 1. The lowest BCUT2D eigenvalue weighted by Gasteiger charge is -2.37. The van der Waals surface area contributed by atoms with E-state index in [0.717, 1.165) is 6.42 Å². The van der Waals surface area contributed by atoms with Gasteiger partial charge in [-0.15, -0.1) is 0 Å². The molecule has 1 aromatic carbocycles. The minimum atomic E-state index is -0.241. The van der Waals surface area contributed by atoms with Crippen LogP contribution in [-0.2, 0) is 14.4 Å². The van der Waals surface area contributed by atoms with Crippen LogP contribution in [0.4, 0.5) is 5.69 Å². The van der Waals surface area contributed by atoms with Gasteiger partial charge in [0.15, 0.2) is 0 Å². The van der Waals surface area contributed by atoms with Crippen molar-refractivity contribution >= 4 is 35.0 Å². The summed E-state index contributed by atoms with van der Waals surface area (Å²) in [4.78, 5) is 41.1. The number of hydrogen-bond acceptors (Lipinski definition) is 3. The van der Waals surface area contributed by atoms with Gasteiger partial charge in [-0.1, -0.05) is 29.8 Å². The summed E-state index contributed by atoms with van der Waals surface area (Å²) in [5.74, 6) is 0.549. The summed E-state index contributed by atoms with van der Waals surface area (Å²) in [6, 6.07) is 6.89. The maximum atomic E-state index is 13.1. The van der Waals surface area contributed by atoms with Crippen LogP contribution in [0, 0.1) is 35.5 Å². The van der Waals surface area contributed by atoms with E-state index in [1.54, 1.807) is 24.3 Å². The van der Waals surface area contributed by atoms with Gasteiger partial charge < -0.3 is 0 Å². The van der Waals surface area contributed by atoms with Crippen molar-refractivity contribution in [1.29, 1.82) is 0 Å². The molecule has 134 valence electrons. The molecule has 4 aliphatic carbocycles.